The fourth-order valence-electron chi connectivity index (χ4n) is 1.95. The Labute approximate surface area is 88.5 Å². The largest absolute Gasteiger partial charge is 0.373 e. The van der Waals surface area contributed by atoms with Gasteiger partial charge in [0.1, 0.15) is 6.29 Å². The summed E-state index contributed by atoms with van der Waals surface area (Å²) in [5.41, 5.74) is 3.40. The second kappa shape index (κ2) is 3.62. The van der Waals surface area contributed by atoms with Crippen LogP contribution in [0.3, 0.4) is 0 Å². The Morgan fingerprint density at radius 3 is 3.07 bits per heavy atom. The van der Waals surface area contributed by atoms with E-state index in [-0.39, 0.29) is 0 Å². The maximum absolute atomic E-state index is 10.4. The van der Waals surface area contributed by atoms with Crippen LogP contribution in [0.4, 0.5) is 5.69 Å². The highest BCUT2D eigenvalue weighted by Crippen LogP contribution is 2.35. The fourth-order valence-corrected chi connectivity index (χ4v) is 2.36. The zero-order valence-electron chi connectivity index (χ0n) is 8.09. The lowest BCUT2D eigenvalue weighted by molar-refractivity contribution is -0.107. The first-order valence-electron chi connectivity index (χ1n) is 4.68. The molecule has 0 radical (unpaired) electrons. The van der Waals surface area contributed by atoms with E-state index in [1.165, 1.54) is 5.56 Å². The molecule has 14 heavy (non-hydrogen) atoms. The molecule has 0 fully saturated rings. The van der Waals surface area contributed by atoms with E-state index in [4.69, 9.17) is 11.6 Å². The normalized spacial score (nSPS) is 14.3. The summed E-state index contributed by atoms with van der Waals surface area (Å²) in [6.07, 6.45) is 2.39. The van der Waals surface area contributed by atoms with Crippen molar-refractivity contribution in [2.75, 3.05) is 18.5 Å². The average Bonchev–Trinajstić information content (AvgIpc) is 2.48. The van der Waals surface area contributed by atoms with Crippen molar-refractivity contribution in [2.24, 2.45) is 0 Å². The zero-order valence-corrected chi connectivity index (χ0v) is 8.84. The summed E-state index contributed by atoms with van der Waals surface area (Å²) in [6.45, 7) is 1.01. The molecule has 2 nitrogen and oxygen atoms in total. The number of halogens is 1. The third-order valence-corrected chi connectivity index (χ3v) is 2.91. The fraction of sp³-hybridized carbons (Fsp3) is 0.364. The molecule has 1 aliphatic rings. The molecule has 0 amide bonds. The quantitative estimate of drug-likeness (QED) is 0.696. The van der Waals surface area contributed by atoms with Crippen LogP contribution < -0.4 is 4.90 Å². The molecule has 0 aromatic heterocycles. The number of nitrogens with zero attached hydrogens (tertiary/aromatic N) is 1. The van der Waals surface area contributed by atoms with Crippen molar-refractivity contribution < 1.29 is 4.79 Å². The van der Waals surface area contributed by atoms with Crippen LogP contribution in [0.2, 0.25) is 5.02 Å². The van der Waals surface area contributed by atoms with Crippen LogP contribution in [0, 0.1) is 0 Å². The van der Waals surface area contributed by atoms with Crippen molar-refractivity contribution in [1.82, 2.24) is 0 Å². The minimum Gasteiger partial charge on any atom is -0.373 e. The van der Waals surface area contributed by atoms with E-state index >= 15 is 0 Å². The molecule has 3 heteroatoms. The molecule has 0 N–H and O–H groups in total. The van der Waals surface area contributed by atoms with Gasteiger partial charge in [0.25, 0.3) is 0 Å². The van der Waals surface area contributed by atoms with Gasteiger partial charge in [-0.25, -0.2) is 0 Å². The Kier molecular flexibility index (Phi) is 2.46. The number of rotatable bonds is 2. The number of likely N-dealkylation sites (N-methyl/N-ethyl adjacent to an activating group) is 1. The van der Waals surface area contributed by atoms with Crippen molar-refractivity contribution in [3.05, 3.63) is 28.3 Å². The summed E-state index contributed by atoms with van der Waals surface area (Å²) in [7, 11) is 2.04. The standard InChI is InChI=1S/C11H12ClNO/c1-13-4-2-9-6-8(3-5-14)7-10(12)11(9)13/h5-7H,2-4H2,1H3. The van der Waals surface area contributed by atoms with E-state index in [2.05, 4.69) is 11.0 Å². The Morgan fingerprint density at radius 2 is 2.36 bits per heavy atom. The molecule has 2 rings (SSSR count). The summed E-state index contributed by atoms with van der Waals surface area (Å²) in [5, 5.41) is 0.763. The topological polar surface area (TPSA) is 20.3 Å². The number of hydrogen-bond donors (Lipinski definition) is 0. The molecule has 1 aromatic carbocycles. The van der Waals surface area contributed by atoms with Gasteiger partial charge in [-0.1, -0.05) is 17.7 Å². The van der Waals surface area contributed by atoms with Crippen LogP contribution >= 0.6 is 11.6 Å². The number of benzene rings is 1. The van der Waals surface area contributed by atoms with Crippen LogP contribution in [0.1, 0.15) is 11.1 Å². The predicted octanol–water partition coefficient (Wildman–Crippen LogP) is 2.07. The van der Waals surface area contributed by atoms with Crippen molar-refractivity contribution in [3.8, 4) is 0 Å². The van der Waals surface area contributed by atoms with E-state index in [1.807, 2.05) is 13.1 Å². The maximum Gasteiger partial charge on any atom is 0.124 e. The predicted molar refractivity (Wildman–Crippen MR) is 58.2 cm³/mol. The highest BCUT2D eigenvalue weighted by molar-refractivity contribution is 6.33. The molecule has 0 unspecified atom stereocenters. The lowest BCUT2D eigenvalue weighted by Gasteiger charge is -2.14. The number of carbonyl (C=O) groups excluding carboxylic acids is 1. The van der Waals surface area contributed by atoms with Gasteiger partial charge in [-0.2, -0.15) is 0 Å². The average molecular weight is 210 g/mol. The lowest BCUT2D eigenvalue weighted by atomic mass is 10.1. The Bertz CT molecular complexity index is 376. The summed E-state index contributed by atoms with van der Waals surface area (Å²) >= 11 is 6.15. The minimum atomic E-state index is 0.455. The molecule has 74 valence electrons. The molecule has 0 bridgehead atoms. The van der Waals surface area contributed by atoms with Gasteiger partial charge in [0.15, 0.2) is 0 Å². The van der Waals surface area contributed by atoms with E-state index in [0.29, 0.717) is 6.42 Å². The first-order chi connectivity index (χ1) is 6.72. The van der Waals surface area contributed by atoms with Gasteiger partial charge in [0.05, 0.1) is 10.7 Å². The summed E-state index contributed by atoms with van der Waals surface area (Å²) in [5.74, 6) is 0. The third-order valence-electron chi connectivity index (χ3n) is 2.62. The highest BCUT2D eigenvalue weighted by Gasteiger charge is 2.19. The monoisotopic (exact) mass is 209 g/mol. The van der Waals surface area contributed by atoms with Gasteiger partial charge in [0, 0.05) is 20.0 Å². The molecule has 0 atom stereocenters. The van der Waals surface area contributed by atoms with Gasteiger partial charge >= 0.3 is 0 Å². The first kappa shape index (κ1) is 9.53. The molecule has 1 aromatic rings. The molecule has 0 aliphatic carbocycles. The highest BCUT2D eigenvalue weighted by atomic mass is 35.5. The summed E-state index contributed by atoms with van der Waals surface area (Å²) < 4.78 is 0. The van der Waals surface area contributed by atoms with Gasteiger partial charge < -0.3 is 9.69 Å². The second-order valence-corrected chi connectivity index (χ2v) is 4.03. The molecular weight excluding hydrogens is 198 g/mol. The van der Waals surface area contributed by atoms with Crippen LogP contribution in [0.15, 0.2) is 12.1 Å². The van der Waals surface area contributed by atoms with Crippen molar-refractivity contribution in [2.45, 2.75) is 12.8 Å². The number of aldehydes is 1. The molecular formula is C11H12ClNO. The third kappa shape index (κ3) is 1.50. The first-order valence-corrected chi connectivity index (χ1v) is 5.06. The number of anilines is 1. The second-order valence-electron chi connectivity index (χ2n) is 3.63. The zero-order chi connectivity index (χ0) is 10.1. The Hall–Kier alpha value is -1.02. The van der Waals surface area contributed by atoms with Gasteiger partial charge in [-0.3, -0.25) is 0 Å². The number of carbonyl (C=O) groups is 1. The van der Waals surface area contributed by atoms with E-state index in [1.54, 1.807) is 0 Å². The van der Waals surface area contributed by atoms with Crippen LogP contribution in [-0.2, 0) is 17.6 Å². The van der Waals surface area contributed by atoms with E-state index in [9.17, 15) is 4.79 Å². The molecule has 0 saturated carbocycles. The maximum atomic E-state index is 10.4. The molecule has 0 spiro atoms. The van der Waals surface area contributed by atoms with Gasteiger partial charge in [0.2, 0.25) is 0 Å². The smallest absolute Gasteiger partial charge is 0.124 e. The van der Waals surface area contributed by atoms with Crippen LogP contribution in [0.25, 0.3) is 0 Å². The molecule has 1 heterocycles. The van der Waals surface area contributed by atoms with Crippen LogP contribution in [0.5, 0.6) is 0 Å². The van der Waals surface area contributed by atoms with Crippen LogP contribution in [-0.4, -0.2) is 19.9 Å². The SMILES string of the molecule is CN1CCc2cc(CC=O)cc(Cl)c21. The van der Waals surface area contributed by atoms with Crippen molar-refractivity contribution >= 4 is 23.6 Å². The molecule has 0 saturated heterocycles. The summed E-state index contributed by atoms with van der Waals surface area (Å²) in [4.78, 5) is 12.6. The lowest BCUT2D eigenvalue weighted by Crippen LogP contribution is -2.12. The Morgan fingerprint density at radius 1 is 1.57 bits per heavy atom. The van der Waals surface area contributed by atoms with Crippen molar-refractivity contribution in [3.63, 3.8) is 0 Å². The number of hydrogen-bond acceptors (Lipinski definition) is 2. The van der Waals surface area contributed by atoms with E-state index < -0.39 is 0 Å². The Balaban J connectivity index is 2.45. The minimum absolute atomic E-state index is 0.455. The number of fused-ring (bicyclic) bond motifs is 1. The van der Waals surface area contributed by atoms with Crippen molar-refractivity contribution in [1.29, 1.82) is 0 Å². The van der Waals surface area contributed by atoms with Gasteiger partial charge in [-0.15, -0.1) is 0 Å². The molecule has 1 aliphatic heterocycles. The van der Waals surface area contributed by atoms with E-state index in [0.717, 1.165) is 35.5 Å². The van der Waals surface area contributed by atoms with Gasteiger partial charge in [-0.05, 0) is 23.6 Å². The summed E-state index contributed by atoms with van der Waals surface area (Å²) in [6, 6.07) is 3.97.